The van der Waals surface area contributed by atoms with Crippen molar-refractivity contribution < 1.29 is 5.11 Å². The summed E-state index contributed by atoms with van der Waals surface area (Å²) in [7, 11) is 2.06. The van der Waals surface area contributed by atoms with Crippen LogP contribution in [0, 0.1) is 5.92 Å². The second-order valence-electron chi connectivity index (χ2n) is 3.75. The van der Waals surface area contributed by atoms with Crippen LogP contribution in [0.4, 0.5) is 0 Å². The van der Waals surface area contributed by atoms with Crippen molar-refractivity contribution in [3.05, 3.63) is 24.0 Å². The third-order valence-corrected chi connectivity index (χ3v) is 2.94. The monoisotopic (exact) mass is 180 g/mol. The van der Waals surface area contributed by atoms with Crippen LogP contribution in [0.2, 0.25) is 0 Å². The summed E-state index contributed by atoms with van der Waals surface area (Å²) in [5.41, 5.74) is 1.32. The van der Waals surface area contributed by atoms with E-state index in [2.05, 4.69) is 35.3 Å². The molecule has 0 aliphatic carbocycles. The van der Waals surface area contributed by atoms with Crippen molar-refractivity contribution in [3.8, 4) is 0 Å². The highest BCUT2D eigenvalue weighted by molar-refractivity contribution is 5.16. The van der Waals surface area contributed by atoms with Crippen LogP contribution in [0.5, 0.6) is 0 Å². The number of rotatable bonds is 2. The maximum absolute atomic E-state index is 9.18. The van der Waals surface area contributed by atoms with Crippen LogP contribution >= 0.6 is 0 Å². The van der Waals surface area contributed by atoms with Crippen LogP contribution < -0.4 is 5.32 Å². The van der Waals surface area contributed by atoms with Gasteiger partial charge in [-0.3, -0.25) is 0 Å². The number of nitrogens with zero attached hydrogens (tertiary/aromatic N) is 1. The fraction of sp³-hybridized carbons (Fsp3) is 0.600. The topological polar surface area (TPSA) is 37.2 Å². The number of nitrogens with one attached hydrogen (secondary N) is 1. The van der Waals surface area contributed by atoms with E-state index in [9.17, 15) is 5.11 Å². The molecule has 2 rings (SSSR count). The number of hydrogen-bond acceptors (Lipinski definition) is 2. The number of aliphatic hydroxyl groups is 1. The molecule has 0 amide bonds. The molecule has 1 aliphatic heterocycles. The molecule has 0 aromatic carbocycles. The third kappa shape index (κ3) is 1.49. The molecule has 2 N–H and O–H groups in total. The Morgan fingerprint density at radius 2 is 2.46 bits per heavy atom. The van der Waals surface area contributed by atoms with Gasteiger partial charge in [-0.05, 0) is 12.1 Å². The quantitative estimate of drug-likeness (QED) is 0.688. The van der Waals surface area contributed by atoms with E-state index in [0.717, 1.165) is 13.1 Å². The Labute approximate surface area is 78.4 Å². The second kappa shape index (κ2) is 3.52. The van der Waals surface area contributed by atoms with Gasteiger partial charge >= 0.3 is 0 Å². The van der Waals surface area contributed by atoms with E-state index in [1.807, 2.05) is 0 Å². The Morgan fingerprint density at radius 3 is 3.08 bits per heavy atom. The minimum Gasteiger partial charge on any atom is -0.396 e. The Kier molecular flexibility index (Phi) is 2.38. The van der Waals surface area contributed by atoms with Crippen LogP contribution in [-0.4, -0.2) is 29.4 Å². The summed E-state index contributed by atoms with van der Waals surface area (Å²) in [6.45, 7) is 2.21. The van der Waals surface area contributed by atoms with E-state index >= 15 is 0 Å². The highest BCUT2D eigenvalue weighted by Gasteiger charge is 2.28. The normalized spacial score (nSPS) is 28.2. The Balaban J connectivity index is 2.20. The summed E-state index contributed by atoms with van der Waals surface area (Å²) in [5, 5.41) is 12.5. The summed E-state index contributed by atoms with van der Waals surface area (Å²) in [4.78, 5) is 0. The molecule has 3 nitrogen and oxygen atoms in total. The maximum atomic E-state index is 9.18. The van der Waals surface area contributed by atoms with Gasteiger partial charge in [0.15, 0.2) is 0 Å². The van der Waals surface area contributed by atoms with E-state index in [-0.39, 0.29) is 6.61 Å². The average molecular weight is 180 g/mol. The highest BCUT2D eigenvalue weighted by atomic mass is 16.3. The summed E-state index contributed by atoms with van der Waals surface area (Å²) in [6.07, 6.45) is 2.06. The molecular weight excluding hydrogens is 164 g/mol. The zero-order chi connectivity index (χ0) is 9.26. The molecule has 1 fully saturated rings. The molecule has 3 heteroatoms. The molecule has 0 bridgehead atoms. The molecule has 0 radical (unpaired) electrons. The first-order valence-corrected chi connectivity index (χ1v) is 4.75. The molecule has 2 heterocycles. The first-order valence-electron chi connectivity index (χ1n) is 4.75. The van der Waals surface area contributed by atoms with E-state index in [0.29, 0.717) is 11.8 Å². The summed E-state index contributed by atoms with van der Waals surface area (Å²) in [6, 6.07) is 4.20. The lowest BCUT2D eigenvalue weighted by Crippen LogP contribution is -2.16. The number of aryl methyl sites for hydroxylation is 1. The molecule has 2 atom stereocenters. The molecular formula is C10H16N2O. The SMILES string of the molecule is Cn1cccc1C1CNCC1CO. The van der Waals surface area contributed by atoms with Gasteiger partial charge in [0.1, 0.15) is 0 Å². The summed E-state index contributed by atoms with van der Waals surface area (Å²) < 4.78 is 2.14. The van der Waals surface area contributed by atoms with Crippen LogP contribution in [0.25, 0.3) is 0 Å². The predicted molar refractivity (Wildman–Crippen MR) is 51.6 cm³/mol. The third-order valence-electron chi connectivity index (χ3n) is 2.94. The summed E-state index contributed by atoms with van der Waals surface area (Å²) in [5.74, 6) is 0.860. The molecule has 0 saturated carbocycles. The van der Waals surface area contributed by atoms with Gasteiger partial charge in [-0.1, -0.05) is 0 Å². The highest BCUT2D eigenvalue weighted by Crippen LogP contribution is 2.27. The molecule has 13 heavy (non-hydrogen) atoms. The Morgan fingerprint density at radius 1 is 1.62 bits per heavy atom. The average Bonchev–Trinajstić information content (AvgIpc) is 2.71. The number of aromatic nitrogens is 1. The molecule has 2 unspecified atom stereocenters. The Bertz CT molecular complexity index is 282. The molecule has 1 aromatic rings. The van der Waals surface area contributed by atoms with Crippen molar-refractivity contribution in [3.63, 3.8) is 0 Å². The van der Waals surface area contributed by atoms with Gasteiger partial charge in [-0.25, -0.2) is 0 Å². The van der Waals surface area contributed by atoms with Crippen molar-refractivity contribution >= 4 is 0 Å². The predicted octanol–water partition coefficient (Wildman–Crippen LogP) is 0.320. The van der Waals surface area contributed by atoms with Gasteiger partial charge in [0.05, 0.1) is 0 Å². The van der Waals surface area contributed by atoms with Gasteiger partial charge in [-0.15, -0.1) is 0 Å². The molecule has 1 aliphatic rings. The fourth-order valence-corrected chi connectivity index (χ4v) is 2.13. The Hall–Kier alpha value is -0.800. The van der Waals surface area contributed by atoms with Crippen molar-refractivity contribution in [2.75, 3.05) is 19.7 Å². The van der Waals surface area contributed by atoms with Gasteiger partial charge in [0, 0.05) is 50.5 Å². The van der Waals surface area contributed by atoms with Crippen LogP contribution in [0.3, 0.4) is 0 Å². The standard InChI is InChI=1S/C10H16N2O/c1-12-4-2-3-10(12)9-6-11-5-8(9)7-13/h2-4,8-9,11,13H,5-7H2,1H3. The summed E-state index contributed by atoms with van der Waals surface area (Å²) >= 11 is 0. The largest absolute Gasteiger partial charge is 0.396 e. The van der Waals surface area contributed by atoms with Crippen LogP contribution in [0.1, 0.15) is 11.6 Å². The van der Waals surface area contributed by atoms with E-state index in [4.69, 9.17) is 0 Å². The lowest BCUT2D eigenvalue weighted by Gasteiger charge is -2.16. The smallest absolute Gasteiger partial charge is 0.0478 e. The van der Waals surface area contributed by atoms with Gasteiger partial charge in [0.25, 0.3) is 0 Å². The molecule has 1 aromatic heterocycles. The van der Waals surface area contributed by atoms with E-state index < -0.39 is 0 Å². The fourth-order valence-electron chi connectivity index (χ4n) is 2.13. The van der Waals surface area contributed by atoms with Crippen molar-refractivity contribution in [2.45, 2.75) is 5.92 Å². The second-order valence-corrected chi connectivity index (χ2v) is 3.75. The van der Waals surface area contributed by atoms with Gasteiger partial charge < -0.3 is 15.0 Å². The molecule has 1 saturated heterocycles. The minimum absolute atomic E-state index is 0.281. The minimum atomic E-state index is 0.281. The lowest BCUT2D eigenvalue weighted by atomic mass is 9.94. The number of hydrogen-bond donors (Lipinski definition) is 2. The van der Waals surface area contributed by atoms with Crippen molar-refractivity contribution in [2.24, 2.45) is 13.0 Å². The van der Waals surface area contributed by atoms with Crippen LogP contribution in [-0.2, 0) is 7.05 Å². The van der Waals surface area contributed by atoms with Gasteiger partial charge in [-0.2, -0.15) is 0 Å². The van der Waals surface area contributed by atoms with Crippen molar-refractivity contribution in [1.82, 2.24) is 9.88 Å². The van der Waals surface area contributed by atoms with Crippen LogP contribution in [0.15, 0.2) is 18.3 Å². The molecule has 0 spiro atoms. The maximum Gasteiger partial charge on any atom is 0.0478 e. The van der Waals surface area contributed by atoms with Gasteiger partial charge in [0.2, 0.25) is 0 Å². The van der Waals surface area contributed by atoms with Crippen molar-refractivity contribution in [1.29, 1.82) is 0 Å². The zero-order valence-corrected chi connectivity index (χ0v) is 7.90. The zero-order valence-electron chi connectivity index (χ0n) is 7.90. The lowest BCUT2D eigenvalue weighted by molar-refractivity contribution is 0.224. The first-order chi connectivity index (χ1) is 6.33. The first kappa shape index (κ1) is 8.78. The van der Waals surface area contributed by atoms with E-state index in [1.165, 1.54) is 5.69 Å². The number of aliphatic hydroxyl groups excluding tert-OH is 1. The van der Waals surface area contributed by atoms with E-state index in [1.54, 1.807) is 0 Å². The molecule has 72 valence electrons.